The van der Waals surface area contributed by atoms with Crippen molar-refractivity contribution in [2.75, 3.05) is 0 Å². The molecule has 2 saturated carbocycles. The van der Waals surface area contributed by atoms with Crippen LogP contribution < -0.4 is 0 Å². The summed E-state index contributed by atoms with van der Waals surface area (Å²) in [5.74, 6) is 1.88. The maximum atomic E-state index is 11.4. The summed E-state index contributed by atoms with van der Waals surface area (Å²) in [5.41, 5.74) is 3.21. The number of ether oxygens (including phenoxy) is 1. The molecule has 0 heterocycles. The Balaban J connectivity index is 1.58. The molecule has 7 unspecified atom stereocenters. The first-order valence-electron chi connectivity index (χ1n) is 10.7. The maximum Gasteiger partial charge on any atom is 0.302 e. The number of allylic oxidation sites excluding steroid dienone is 2. The molecule has 0 amide bonds. The van der Waals surface area contributed by atoms with Crippen LogP contribution in [-0.2, 0) is 9.53 Å². The van der Waals surface area contributed by atoms with Crippen molar-refractivity contribution in [1.29, 1.82) is 0 Å². The smallest absolute Gasteiger partial charge is 0.302 e. The SMILES string of the molecule is CC(=O)OC1CCC2(C)C(=CCC3C2CCC2(C)C(C(C)N=O)=CCC32)C1. The monoisotopic (exact) mass is 371 g/mol. The third-order valence-corrected chi connectivity index (χ3v) is 8.64. The molecule has 0 aromatic carbocycles. The fraction of sp³-hybridized carbons (Fsp3) is 0.783. The lowest BCUT2D eigenvalue weighted by atomic mass is 9.47. The zero-order chi connectivity index (χ0) is 19.4. The number of hydrogen-bond acceptors (Lipinski definition) is 4. The molecule has 0 bridgehead atoms. The van der Waals surface area contributed by atoms with Crippen molar-refractivity contribution < 1.29 is 9.53 Å². The second-order valence-electron chi connectivity index (χ2n) is 9.87. The van der Waals surface area contributed by atoms with Crippen molar-refractivity contribution in [2.45, 2.75) is 84.8 Å². The van der Waals surface area contributed by atoms with Gasteiger partial charge in [-0.3, -0.25) is 4.79 Å². The van der Waals surface area contributed by atoms with E-state index in [4.69, 9.17) is 4.74 Å². The largest absolute Gasteiger partial charge is 0.462 e. The molecule has 4 heteroatoms. The topological polar surface area (TPSA) is 55.7 Å². The van der Waals surface area contributed by atoms with E-state index < -0.39 is 0 Å². The molecule has 4 nitrogen and oxygen atoms in total. The fourth-order valence-electron chi connectivity index (χ4n) is 7.27. The van der Waals surface area contributed by atoms with Crippen LogP contribution in [0.2, 0.25) is 0 Å². The highest BCUT2D eigenvalue weighted by atomic mass is 16.5. The molecule has 0 N–H and O–H groups in total. The Morgan fingerprint density at radius 1 is 1.15 bits per heavy atom. The lowest BCUT2D eigenvalue weighted by Gasteiger charge is -2.58. The standard InChI is InChI=1S/C23H33NO3/c1-14(24-26)19-7-8-20-18-6-5-16-13-17(27-15(2)25)9-11-22(16,3)21(18)10-12-23(19,20)4/h5,7,14,17-18,20-21H,6,8-13H2,1-4H3. The third-order valence-electron chi connectivity index (χ3n) is 8.64. The van der Waals surface area contributed by atoms with E-state index in [1.165, 1.54) is 30.9 Å². The normalized spacial score (nSPS) is 44.1. The van der Waals surface area contributed by atoms with Crippen LogP contribution in [0.1, 0.15) is 72.6 Å². The van der Waals surface area contributed by atoms with E-state index in [1.807, 2.05) is 6.92 Å². The molecule has 4 aliphatic carbocycles. The summed E-state index contributed by atoms with van der Waals surface area (Å²) in [6.45, 7) is 8.31. The molecule has 0 aliphatic heterocycles. The summed E-state index contributed by atoms with van der Waals surface area (Å²) in [6, 6.07) is -0.194. The predicted octanol–water partition coefficient (Wildman–Crippen LogP) is 5.57. The zero-order valence-electron chi connectivity index (χ0n) is 17.2. The highest BCUT2D eigenvalue weighted by Gasteiger charge is 2.57. The average molecular weight is 372 g/mol. The summed E-state index contributed by atoms with van der Waals surface area (Å²) in [6.07, 6.45) is 12.5. The van der Waals surface area contributed by atoms with Crippen LogP contribution in [0, 0.1) is 33.5 Å². The Hall–Kier alpha value is -1.45. The fourth-order valence-corrected chi connectivity index (χ4v) is 7.27. The Bertz CT molecular complexity index is 710. The van der Waals surface area contributed by atoms with Gasteiger partial charge in [0.05, 0.1) is 0 Å². The second kappa shape index (κ2) is 6.56. The Labute approximate surface area is 162 Å². The van der Waals surface area contributed by atoms with Gasteiger partial charge in [-0.1, -0.05) is 36.7 Å². The van der Waals surface area contributed by atoms with Crippen LogP contribution in [0.4, 0.5) is 0 Å². The number of carbonyl (C=O) groups excluding carboxylic acids is 1. The van der Waals surface area contributed by atoms with E-state index in [0.717, 1.165) is 32.1 Å². The van der Waals surface area contributed by atoms with E-state index in [9.17, 15) is 9.70 Å². The van der Waals surface area contributed by atoms with Gasteiger partial charge >= 0.3 is 5.97 Å². The van der Waals surface area contributed by atoms with Gasteiger partial charge < -0.3 is 4.74 Å². The zero-order valence-corrected chi connectivity index (χ0v) is 17.2. The van der Waals surface area contributed by atoms with Crippen LogP contribution in [-0.4, -0.2) is 18.1 Å². The lowest BCUT2D eigenvalue weighted by molar-refractivity contribution is -0.148. The Morgan fingerprint density at radius 2 is 1.89 bits per heavy atom. The summed E-state index contributed by atoms with van der Waals surface area (Å²) in [5, 5.41) is 3.35. The quantitative estimate of drug-likeness (QED) is 0.370. The molecule has 0 radical (unpaired) electrons. The minimum atomic E-state index is -0.194. The minimum Gasteiger partial charge on any atom is -0.462 e. The summed E-state index contributed by atoms with van der Waals surface area (Å²) >= 11 is 0. The molecular formula is C23H33NO3. The number of carbonyl (C=O) groups is 1. The number of rotatable bonds is 3. The van der Waals surface area contributed by atoms with E-state index in [1.54, 1.807) is 0 Å². The number of hydrogen-bond donors (Lipinski definition) is 0. The van der Waals surface area contributed by atoms with Crippen LogP contribution in [0.3, 0.4) is 0 Å². The molecule has 4 rings (SSSR count). The molecule has 0 saturated heterocycles. The predicted molar refractivity (Wildman–Crippen MR) is 106 cm³/mol. The van der Waals surface area contributed by atoms with Gasteiger partial charge in [-0.05, 0) is 79.6 Å². The maximum absolute atomic E-state index is 11.4. The Morgan fingerprint density at radius 3 is 2.59 bits per heavy atom. The molecule has 7 atom stereocenters. The number of nitroso groups, excluding NO2 is 1. The van der Waals surface area contributed by atoms with Crippen molar-refractivity contribution in [3.63, 3.8) is 0 Å². The molecule has 4 aliphatic rings. The van der Waals surface area contributed by atoms with Crippen molar-refractivity contribution in [1.82, 2.24) is 0 Å². The van der Waals surface area contributed by atoms with Gasteiger partial charge in [0.15, 0.2) is 0 Å². The van der Waals surface area contributed by atoms with E-state index in [2.05, 4.69) is 31.2 Å². The van der Waals surface area contributed by atoms with Crippen LogP contribution in [0.5, 0.6) is 0 Å². The van der Waals surface area contributed by atoms with Gasteiger partial charge in [0.1, 0.15) is 12.1 Å². The number of nitrogens with zero attached hydrogens (tertiary/aromatic N) is 1. The second-order valence-corrected chi connectivity index (χ2v) is 9.87. The number of esters is 1. The van der Waals surface area contributed by atoms with Gasteiger partial charge in [-0.2, -0.15) is 4.91 Å². The molecule has 2 fully saturated rings. The van der Waals surface area contributed by atoms with Gasteiger partial charge in [0.2, 0.25) is 0 Å². The van der Waals surface area contributed by atoms with E-state index in [0.29, 0.717) is 17.8 Å². The molecule has 148 valence electrons. The third kappa shape index (κ3) is 2.82. The summed E-state index contributed by atoms with van der Waals surface area (Å²) < 4.78 is 5.53. The van der Waals surface area contributed by atoms with Gasteiger partial charge in [0.25, 0.3) is 0 Å². The van der Waals surface area contributed by atoms with Gasteiger partial charge in [-0.25, -0.2) is 0 Å². The Kier molecular flexibility index (Phi) is 4.59. The van der Waals surface area contributed by atoms with Crippen molar-refractivity contribution in [3.05, 3.63) is 28.2 Å². The number of fused-ring (bicyclic) bond motifs is 5. The highest BCUT2D eigenvalue weighted by Crippen LogP contribution is 2.65. The first kappa shape index (κ1) is 18.9. The summed E-state index contributed by atoms with van der Waals surface area (Å²) in [7, 11) is 0. The first-order valence-corrected chi connectivity index (χ1v) is 10.7. The van der Waals surface area contributed by atoms with Gasteiger partial charge in [-0.15, -0.1) is 0 Å². The highest BCUT2D eigenvalue weighted by molar-refractivity contribution is 5.66. The van der Waals surface area contributed by atoms with Crippen LogP contribution in [0.25, 0.3) is 0 Å². The lowest BCUT2D eigenvalue weighted by Crippen LogP contribution is -2.50. The van der Waals surface area contributed by atoms with Crippen molar-refractivity contribution in [3.8, 4) is 0 Å². The minimum absolute atomic E-state index is 0.0616. The molecule has 27 heavy (non-hydrogen) atoms. The van der Waals surface area contributed by atoms with Crippen LogP contribution in [0.15, 0.2) is 28.5 Å². The van der Waals surface area contributed by atoms with Gasteiger partial charge in [0, 0.05) is 13.3 Å². The van der Waals surface area contributed by atoms with E-state index >= 15 is 0 Å². The first-order chi connectivity index (χ1) is 12.8. The molecular weight excluding hydrogens is 338 g/mol. The van der Waals surface area contributed by atoms with Crippen molar-refractivity contribution >= 4 is 5.97 Å². The molecule has 0 spiro atoms. The molecule has 0 aromatic rings. The molecule has 0 aromatic heterocycles. The van der Waals surface area contributed by atoms with Crippen LogP contribution >= 0.6 is 0 Å². The van der Waals surface area contributed by atoms with Crippen molar-refractivity contribution in [2.24, 2.45) is 33.8 Å². The van der Waals surface area contributed by atoms with E-state index in [-0.39, 0.29) is 28.9 Å². The average Bonchev–Trinajstić information content (AvgIpc) is 2.98. The summed E-state index contributed by atoms with van der Waals surface area (Å²) in [4.78, 5) is 22.6.